The first-order valence-corrected chi connectivity index (χ1v) is 24.8. The van der Waals surface area contributed by atoms with Crippen LogP contribution >= 0.6 is 0 Å². The third-order valence-corrected chi connectivity index (χ3v) is 14.7. The van der Waals surface area contributed by atoms with E-state index in [0.717, 1.165) is 123 Å². The fraction of sp³-hybridized carbons (Fsp3) is 0. The molecule has 0 saturated carbocycles. The summed E-state index contributed by atoms with van der Waals surface area (Å²) in [5, 5.41) is 4.81. The van der Waals surface area contributed by atoms with E-state index in [0.29, 0.717) is 0 Å². The summed E-state index contributed by atoms with van der Waals surface area (Å²) in [6.45, 7) is 8.05. The van der Waals surface area contributed by atoms with Gasteiger partial charge in [0.1, 0.15) is 22.1 Å². The van der Waals surface area contributed by atoms with Crippen LogP contribution < -0.4 is 0 Å². The molecule has 0 fully saturated rings. The molecule has 0 bridgehead atoms. The Morgan fingerprint density at radius 1 is 0.297 bits per heavy atom. The molecule has 8 aromatic heterocycles. The van der Waals surface area contributed by atoms with Crippen LogP contribution in [0.15, 0.2) is 232 Å². The molecule has 74 heavy (non-hydrogen) atoms. The lowest BCUT2D eigenvalue weighted by Crippen LogP contribution is -1.99. The van der Waals surface area contributed by atoms with Crippen molar-refractivity contribution in [1.29, 1.82) is 0 Å². The number of hydrogen-bond acceptors (Lipinski definition) is 4. The highest BCUT2D eigenvalue weighted by molar-refractivity contribution is 6.12. The van der Waals surface area contributed by atoms with Crippen molar-refractivity contribution >= 4 is 99.9 Å². The minimum absolute atomic E-state index is 0.838. The van der Waals surface area contributed by atoms with Crippen molar-refractivity contribution in [2.45, 2.75) is 0 Å². The molecule has 0 unspecified atom stereocenters. The van der Waals surface area contributed by atoms with Gasteiger partial charge >= 0.3 is 0 Å². The van der Waals surface area contributed by atoms with Crippen molar-refractivity contribution in [3.8, 4) is 45.3 Å². The van der Waals surface area contributed by atoms with E-state index in [-0.39, 0.29) is 0 Å². The van der Waals surface area contributed by atoms with Gasteiger partial charge in [0.05, 0.1) is 55.5 Å². The highest BCUT2D eigenvalue weighted by atomic mass is 15.1. The largest absolute Gasteiger partial charge is 0.309 e. The Balaban J connectivity index is 0.825. The van der Waals surface area contributed by atoms with E-state index < -0.39 is 0 Å². The Hall–Kier alpha value is -10.2. The zero-order chi connectivity index (χ0) is 49.0. The molecule has 8 heterocycles. The van der Waals surface area contributed by atoms with E-state index >= 15 is 0 Å². The minimum atomic E-state index is 0.838. The molecule has 15 rings (SSSR count). The average molecular weight is 947 g/mol. The summed E-state index contributed by atoms with van der Waals surface area (Å²) < 4.78 is 9.23. The van der Waals surface area contributed by atoms with Gasteiger partial charge in [0.2, 0.25) is 0 Å². The van der Waals surface area contributed by atoms with Crippen LogP contribution in [0, 0.1) is 0 Å². The molecule has 8 nitrogen and oxygen atoms in total. The van der Waals surface area contributed by atoms with Crippen molar-refractivity contribution in [2.24, 2.45) is 0 Å². The lowest BCUT2D eigenvalue weighted by atomic mass is 10.1. The second-order valence-corrected chi connectivity index (χ2v) is 18.8. The average Bonchev–Trinajstić information content (AvgIpc) is 4.20. The van der Waals surface area contributed by atoms with Crippen molar-refractivity contribution in [1.82, 2.24) is 38.2 Å². The van der Waals surface area contributed by atoms with Crippen LogP contribution in [0.4, 0.5) is 0 Å². The fourth-order valence-corrected chi connectivity index (χ4v) is 11.4. The third kappa shape index (κ3) is 6.21. The molecule has 0 aliphatic rings. The van der Waals surface area contributed by atoms with Gasteiger partial charge in [0.25, 0.3) is 0 Å². The highest BCUT2D eigenvalue weighted by Crippen LogP contribution is 2.39. The molecule has 0 aliphatic heterocycles. The summed E-state index contributed by atoms with van der Waals surface area (Å²) in [6.07, 6.45) is 7.51. The summed E-state index contributed by atoms with van der Waals surface area (Å²) in [5.74, 6) is 0. The number of para-hydroxylation sites is 2. The first-order chi connectivity index (χ1) is 36.6. The van der Waals surface area contributed by atoms with Crippen LogP contribution in [0.1, 0.15) is 11.1 Å². The van der Waals surface area contributed by atoms with E-state index in [4.69, 9.17) is 19.9 Å². The molecule has 7 aromatic carbocycles. The first-order valence-electron chi connectivity index (χ1n) is 24.8. The van der Waals surface area contributed by atoms with Crippen LogP contribution in [-0.4, -0.2) is 38.2 Å². The SMILES string of the molecule is C=Cc1ccc2c(c1)c1ccccc1n2-c1cccc(-c2ccc3c(n2)c2ncccc2n3-c2cccc(-n3c4cccnc4c4nc(-c5cccc(-n6c7ccccc7c7cc(C=C)ccc76)c5)ccc43)c2)c1. The van der Waals surface area contributed by atoms with Crippen LogP contribution in [-0.2, 0) is 0 Å². The van der Waals surface area contributed by atoms with Gasteiger partial charge in [-0.05, 0) is 139 Å². The molecule has 0 aliphatic carbocycles. The molecule has 15 aromatic rings. The monoisotopic (exact) mass is 946 g/mol. The van der Waals surface area contributed by atoms with E-state index in [9.17, 15) is 0 Å². The molecule has 0 saturated heterocycles. The van der Waals surface area contributed by atoms with Crippen LogP contribution in [0.3, 0.4) is 0 Å². The normalized spacial score (nSPS) is 11.9. The van der Waals surface area contributed by atoms with Gasteiger partial charge in [-0.25, -0.2) is 9.97 Å². The van der Waals surface area contributed by atoms with Gasteiger partial charge in [-0.1, -0.05) is 104 Å². The Kier molecular flexibility index (Phi) is 9.09. The summed E-state index contributed by atoms with van der Waals surface area (Å²) in [4.78, 5) is 20.7. The van der Waals surface area contributed by atoms with Crippen molar-refractivity contribution in [3.63, 3.8) is 0 Å². The predicted molar refractivity (Wildman–Crippen MR) is 306 cm³/mol. The van der Waals surface area contributed by atoms with Gasteiger partial charge in [0.15, 0.2) is 0 Å². The summed E-state index contributed by atoms with van der Waals surface area (Å²) >= 11 is 0. The van der Waals surface area contributed by atoms with E-state index in [1.165, 1.54) is 21.5 Å². The number of benzene rings is 7. The van der Waals surface area contributed by atoms with E-state index in [1.807, 2.05) is 36.7 Å². The Bertz CT molecular complexity index is 4550. The molecule has 0 atom stereocenters. The van der Waals surface area contributed by atoms with Crippen molar-refractivity contribution < 1.29 is 0 Å². The fourth-order valence-electron chi connectivity index (χ4n) is 11.4. The number of rotatable bonds is 8. The highest BCUT2D eigenvalue weighted by Gasteiger charge is 2.21. The summed E-state index contributed by atoms with van der Waals surface area (Å²) in [5.41, 5.74) is 21.9. The third-order valence-electron chi connectivity index (χ3n) is 14.7. The quantitative estimate of drug-likeness (QED) is 0.152. The molecule has 0 radical (unpaired) electrons. The Labute approximate surface area is 424 Å². The Morgan fingerprint density at radius 3 is 1.15 bits per heavy atom. The Morgan fingerprint density at radius 2 is 0.676 bits per heavy atom. The second kappa shape index (κ2) is 16.2. The van der Waals surface area contributed by atoms with Gasteiger partial charge in [-0.2, -0.15) is 0 Å². The second-order valence-electron chi connectivity index (χ2n) is 18.8. The van der Waals surface area contributed by atoms with Gasteiger partial charge < -0.3 is 18.3 Å². The number of fused-ring (bicyclic) bond motifs is 12. The molecular weight excluding hydrogens is 905 g/mol. The van der Waals surface area contributed by atoms with Gasteiger partial charge in [-0.3, -0.25) is 9.97 Å². The van der Waals surface area contributed by atoms with Gasteiger partial charge in [-0.15, -0.1) is 0 Å². The zero-order valence-corrected chi connectivity index (χ0v) is 39.9. The zero-order valence-electron chi connectivity index (χ0n) is 39.9. The predicted octanol–water partition coefficient (Wildman–Crippen LogP) is 16.3. The minimum Gasteiger partial charge on any atom is -0.309 e. The van der Waals surface area contributed by atoms with Gasteiger partial charge in [0, 0.05) is 67.8 Å². The number of pyridine rings is 4. The molecule has 0 N–H and O–H groups in total. The summed E-state index contributed by atoms with van der Waals surface area (Å²) in [7, 11) is 0. The molecule has 0 amide bonds. The lowest BCUT2D eigenvalue weighted by molar-refractivity contribution is 1.13. The van der Waals surface area contributed by atoms with Crippen LogP contribution in [0.25, 0.3) is 145 Å². The maximum absolute atomic E-state index is 5.40. The standard InChI is InChI=1S/C66H42N8/c1-3-41-26-30-57-51(36-41)49-20-5-7-22-55(49)71(57)45-16-9-14-43(38-45)53-28-32-61-65(69-53)63-59(24-12-34-67-63)73(61)47-18-11-19-48(40-47)74-60-25-13-35-68-64(60)66-62(74)33-29-54(70-66)44-15-10-17-46(39-44)72-56-23-8-6-21-50(56)52-37-42(4-2)27-31-58(52)72/h3-40H,1-2H2. The summed E-state index contributed by atoms with van der Waals surface area (Å²) in [6, 6.07) is 73.1. The van der Waals surface area contributed by atoms with E-state index in [2.05, 4.69) is 226 Å². The molecule has 0 spiro atoms. The van der Waals surface area contributed by atoms with E-state index in [1.54, 1.807) is 0 Å². The molecular formula is C66H42N8. The first kappa shape index (κ1) is 41.6. The van der Waals surface area contributed by atoms with Crippen molar-refractivity contribution in [3.05, 3.63) is 243 Å². The smallest absolute Gasteiger partial charge is 0.115 e. The number of aromatic nitrogens is 8. The molecule has 8 heteroatoms. The number of nitrogens with zero attached hydrogens (tertiary/aromatic N) is 8. The number of hydrogen-bond donors (Lipinski definition) is 0. The maximum Gasteiger partial charge on any atom is 0.115 e. The van der Waals surface area contributed by atoms with Crippen LogP contribution in [0.5, 0.6) is 0 Å². The lowest BCUT2D eigenvalue weighted by Gasteiger charge is -2.13. The molecule has 346 valence electrons. The topological polar surface area (TPSA) is 71.3 Å². The van der Waals surface area contributed by atoms with Crippen LogP contribution in [0.2, 0.25) is 0 Å². The maximum atomic E-state index is 5.40. The van der Waals surface area contributed by atoms with Crippen molar-refractivity contribution in [2.75, 3.05) is 0 Å².